The van der Waals surface area contributed by atoms with E-state index in [1.807, 2.05) is 6.07 Å². The molecule has 0 aliphatic heterocycles. The third-order valence-electron chi connectivity index (χ3n) is 2.30. The SMILES string of the molecule is FC(F)(F)CCc1n[nH]c(Cc2cccnc2)n1. The topological polar surface area (TPSA) is 54.5 Å². The molecule has 0 amide bonds. The van der Waals surface area contributed by atoms with Crippen LogP contribution in [-0.4, -0.2) is 26.3 Å². The molecule has 0 aliphatic rings. The summed E-state index contributed by atoms with van der Waals surface area (Å²) in [5.41, 5.74) is 0.927. The van der Waals surface area contributed by atoms with Gasteiger partial charge in [0, 0.05) is 25.2 Å². The number of halogens is 3. The van der Waals surface area contributed by atoms with E-state index in [1.165, 1.54) is 0 Å². The van der Waals surface area contributed by atoms with Gasteiger partial charge in [0.15, 0.2) is 5.82 Å². The molecule has 0 aliphatic carbocycles. The van der Waals surface area contributed by atoms with Crippen molar-refractivity contribution in [1.82, 2.24) is 20.2 Å². The van der Waals surface area contributed by atoms with Gasteiger partial charge in [0.25, 0.3) is 0 Å². The second kappa shape index (κ2) is 5.16. The molecule has 0 radical (unpaired) electrons. The Kier molecular flexibility index (Phi) is 3.59. The largest absolute Gasteiger partial charge is 0.389 e. The summed E-state index contributed by atoms with van der Waals surface area (Å²) in [4.78, 5) is 7.96. The number of nitrogens with zero attached hydrogens (tertiary/aromatic N) is 3. The standard InChI is InChI=1S/C11H11F3N4/c12-11(13,14)4-3-9-16-10(18-17-9)6-8-2-1-5-15-7-8/h1-2,5,7H,3-4,6H2,(H,16,17,18). The predicted octanol–water partition coefficient (Wildman–Crippen LogP) is 2.29. The van der Waals surface area contributed by atoms with Crippen molar-refractivity contribution in [3.8, 4) is 0 Å². The van der Waals surface area contributed by atoms with Crippen LogP contribution in [-0.2, 0) is 12.8 Å². The van der Waals surface area contributed by atoms with Crippen LogP contribution in [0.25, 0.3) is 0 Å². The average molecular weight is 256 g/mol. The smallest absolute Gasteiger partial charge is 0.264 e. The Morgan fingerprint density at radius 2 is 2.11 bits per heavy atom. The third kappa shape index (κ3) is 3.83. The monoisotopic (exact) mass is 256 g/mol. The summed E-state index contributed by atoms with van der Waals surface area (Å²) >= 11 is 0. The van der Waals surface area contributed by atoms with Crippen molar-refractivity contribution in [2.45, 2.75) is 25.4 Å². The molecule has 2 heterocycles. The third-order valence-corrected chi connectivity index (χ3v) is 2.30. The lowest BCUT2D eigenvalue weighted by Crippen LogP contribution is -2.09. The maximum Gasteiger partial charge on any atom is 0.389 e. The van der Waals surface area contributed by atoms with E-state index in [-0.39, 0.29) is 12.2 Å². The van der Waals surface area contributed by atoms with Crippen molar-refractivity contribution in [2.24, 2.45) is 0 Å². The first-order valence-corrected chi connectivity index (χ1v) is 5.39. The molecule has 0 saturated carbocycles. The normalized spacial score (nSPS) is 11.7. The number of rotatable bonds is 4. The number of pyridine rings is 1. The first-order chi connectivity index (χ1) is 8.53. The second-order valence-corrected chi connectivity index (χ2v) is 3.85. The Hall–Kier alpha value is -1.92. The minimum Gasteiger partial charge on any atom is -0.264 e. The first-order valence-electron chi connectivity index (χ1n) is 5.39. The number of alkyl halides is 3. The fraction of sp³-hybridized carbons (Fsp3) is 0.364. The number of nitrogens with one attached hydrogen (secondary N) is 1. The Labute approximate surface area is 101 Å². The van der Waals surface area contributed by atoms with Crippen LogP contribution in [0.2, 0.25) is 0 Å². The molecular formula is C11H11F3N4. The number of aromatic nitrogens is 4. The van der Waals surface area contributed by atoms with Crippen molar-refractivity contribution < 1.29 is 13.2 Å². The fourth-order valence-corrected chi connectivity index (χ4v) is 1.48. The van der Waals surface area contributed by atoms with Crippen LogP contribution in [0.5, 0.6) is 0 Å². The van der Waals surface area contributed by atoms with Crippen LogP contribution in [0.3, 0.4) is 0 Å². The maximum atomic E-state index is 12.0. The zero-order chi connectivity index (χ0) is 13.0. The van der Waals surface area contributed by atoms with Crippen LogP contribution in [0.1, 0.15) is 23.6 Å². The van der Waals surface area contributed by atoms with Crippen molar-refractivity contribution in [2.75, 3.05) is 0 Å². The molecule has 2 aromatic heterocycles. The van der Waals surface area contributed by atoms with Gasteiger partial charge in [-0.3, -0.25) is 10.1 Å². The summed E-state index contributed by atoms with van der Waals surface area (Å²) in [5.74, 6) is 0.728. The highest BCUT2D eigenvalue weighted by atomic mass is 19.4. The highest BCUT2D eigenvalue weighted by Crippen LogP contribution is 2.21. The molecular weight excluding hydrogens is 245 g/mol. The summed E-state index contributed by atoms with van der Waals surface area (Å²) in [7, 11) is 0. The van der Waals surface area contributed by atoms with E-state index in [1.54, 1.807) is 18.5 Å². The van der Waals surface area contributed by atoms with Crippen molar-refractivity contribution in [3.05, 3.63) is 41.7 Å². The summed E-state index contributed by atoms with van der Waals surface area (Å²) in [6.45, 7) is 0. The molecule has 1 N–H and O–H groups in total. The molecule has 0 aromatic carbocycles. The molecule has 0 fully saturated rings. The average Bonchev–Trinajstić information content (AvgIpc) is 2.75. The number of H-pyrrole nitrogens is 1. The number of aryl methyl sites for hydroxylation is 1. The van der Waals surface area contributed by atoms with Crippen molar-refractivity contribution in [1.29, 1.82) is 0 Å². The van der Waals surface area contributed by atoms with Crippen LogP contribution in [0.15, 0.2) is 24.5 Å². The minimum atomic E-state index is -4.18. The Bertz CT molecular complexity index is 492. The van der Waals surface area contributed by atoms with E-state index in [2.05, 4.69) is 20.2 Å². The second-order valence-electron chi connectivity index (χ2n) is 3.85. The summed E-state index contributed by atoms with van der Waals surface area (Å²) < 4.78 is 36.1. The summed E-state index contributed by atoms with van der Waals surface area (Å²) in [6.07, 6.45) is -1.47. The van der Waals surface area contributed by atoms with Gasteiger partial charge in [0.2, 0.25) is 0 Å². The summed E-state index contributed by atoms with van der Waals surface area (Å²) in [5, 5.41) is 6.39. The molecule has 4 nitrogen and oxygen atoms in total. The van der Waals surface area contributed by atoms with Gasteiger partial charge in [-0.25, -0.2) is 4.98 Å². The maximum absolute atomic E-state index is 12.0. The molecule has 0 unspecified atom stereocenters. The molecule has 0 atom stereocenters. The van der Waals surface area contributed by atoms with Gasteiger partial charge in [0.05, 0.1) is 6.42 Å². The van der Waals surface area contributed by atoms with Gasteiger partial charge in [-0.1, -0.05) is 6.07 Å². The van der Waals surface area contributed by atoms with E-state index in [0.29, 0.717) is 12.2 Å². The number of aromatic amines is 1. The Balaban J connectivity index is 1.94. The molecule has 96 valence electrons. The van der Waals surface area contributed by atoms with E-state index in [0.717, 1.165) is 5.56 Å². The molecule has 7 heteroatoms. The first kappa shape index (κ1) is 12.5. The van der Waals surface area contributed by atoms with E-state index in [9.17, 15) is 13.2 Å². The van der Waals surface area contributed by atoms with Crippen LogP contribution < -0.4 is 0 Å². The molecule has 2 rings (SSSR count). The molecule has 0 spiro atoms. The van der Waals surface area contributed by atoms with Gasteiger partial charge in [-0.2, -0.15) is 18.3 Å². The quantitative estimate of drug-likeness (QED) is 0.913. The Morgan fingerprint density at radius 3 is 2.78 bits per heavy atom. The number of hydrogen-bond donors (Lipinski definition) is 1. The van der Waals surface area contributed by atoms with E-state index in [4.69, 9.17) is 0 Å². The van der Waals surface area contributed by atoms with Gasteiger partial charge in [-0.05, 0) is 11.6 Å². The molecule has 0 bridgehead atoms. The molecule has 0 saturated heterocycles. The minimum absolute atomic E-state index is 0.186. The van der Waals surface area contributed by atoms with Gasteiger partial charge >= 0.3 is 6.18 Å². The van der Waals surface area contributed by atoms with E-state index < -0.39 is 12.6 Å². The van der Waals surface area contributed by atoms with Crippen LogP contribution in [0.4, 0.5) is 13.2 Å². The van der Waals surface area contributed by atoms with E-state index >= 15 is 0 Å². The Morgan fingerprint density at radius 1 is 1.28 bits per heavy atom. The number of hydrogen-bond acceptors (Lipinski definition) is 3. The van der Waals surface area contributed by atoms with Crippen LogP contribution >= 0.6 is 0 Å². The highest BCUT2D eigenvalue weighted by molar-refractivity contribution is 5.14. The highest BCUT2D eigenvalue weighted by Gasteiger charge is 2.27. The lowest BCUT2D eigenvalue weighted by Gasteiger charge is -2.02. The fourth-order valence-electron chi connectivity index (χ4n) is 1.48. The zero-order valence-electron chi connectivity index (χ0n) is 9.41. The molecule has 18 heavy (non-hydrogen) atoms. The molecule has 2 aromatic rings. The lowest BCUT2D eigenvalue weighted by molar-refractivity contribution is -0.134. The lowest BCUT2D eigenvalue weighted by atomic mass is 10.2. The zero-order valence-corrected chi connectivity index (χ0v) is 9.41. The van der Waals surface area contributed by atoms with Gasteiger partial charge < -0.3 is 0 Å². The van der Waals surface area contributed by atoms with Gasteiger partial charge in [-0.15, -0.1) is 0 Å². The summed E-state index contributed by atoms with van der Waals surface area (Å²) in [6, 6.07) is 3.65. The van der Waals surface area contributed by atoms with Crippen LogP contribution in [0, 0.1) is 0 Å². The van der Waals surface area contributed by atoms with Crippen molar-refractivity contribution >= 4 is 0 Å². The van der Waals surface area contributed by atoms with Crippen molar-refractivity contribution in [3.63, 3.8) is 0 Å². The predicted molar refractivity (Wildman–Crippen MR) is 57.8 cm³/mol. The van der Waals surface area contributed by atoms with Gasteiger partial charge in [0.1, 0.15) is 5.82 Å².